The smallest absolute Gasteiger partial charge is 0.257 e. The van der Waals surface area contributed by atoms with Gasteiger partial charge in [-0.15, -0.1) is 0 Å². The molecule has 0 aliphatic rings. The van der Waals surface area contributed by atoms with Gasteiger partial charge in [0, 0.05) is 0 Å². The molecule has 0 atom stereocenters. The molecule has 2 aromatic rings. The summed E-state index contributed by atoms with van der Waals surface area (Å²) in [6, 6.07) is 12.2. The zero-order chi connectivity index (χ0) is 12.1. The van der Waals surface area contributed by atoms with E-state index in [-0.39, 0.29) is 5.75 Å². The van der Waals surface area contributed by atoms with Gasteiger partial charge in [-0.25, -0.2) is 8.42 Å². The molecule has 0 saturated heterocycles. The van der Waals surface area contributed by atoms with Gasteiger partial charge in [-0.3, -0.25) is 0 Å². The SMILES string of the molecule is O=S(=O)(Cc1ccccc1)/N=C/c1ccco1. The maximum atomic E-state index is 11.7. The molecule has 88 valence electrons. The van der Waals surface area contributed by atoms with Gasteiger partial charge < -0.3 is 4.42 Å². The summed E-state index contributed by atoms with van der Waals surface area (Å²) in [5.74, 6) is 0.312. The van der Waals surface area contributed by atoms with Crippen LogP contribution in [0.3, 0.4) is 0 Å². The summed E-state index contributed by atoms with van der Waals surface area (Å²) in [7, 11) is -3.50. The van der Waals surface area contributed by atoms with Crippen LogP contribution in [0.5, 0.6) is 0 Å². The van der Waals surface area contributed by atoms with Crippen LogP contribution in [-0.4, -0.2) is 14.6 Å². The lowest BCUT2D eigenvalue weighted by atomic mass is 10.2. The Morgan fingerprint density at radius 1 is 1.12 bits per heavy atom. The summed E-state index contributed by atoms with van der Waals surface area (Å²) in [4.78, 5) is 0. The minimum Gasteiger partial charge on any atom is -0.463 e. The van der Waals surface area contributed by atoms with Crippen molar-refractivity contribution in [1.82, 2.24) is 0 Å². The Bertz CT molecular complexity index is 586. The van der Waals surface area contributed by atoms with E-state index in [1.165, 1.54) is 12.5 Å². The highest BCUT2D eigenvalue weighted by Crippen LogP contribution is 2.07. The van der Waals surface area contributed by atoms with Crippen molar-refractivity contribution >= 4 is 16.2 Å². The maximum Gasteiger partial charge on any atom is 0.257 e. The monoisotopic (exact) mass is 249 g/mol. The van der Waals surface area contributed by atoms with Gasteiger partial charge in [0.2, 0.25) is 0 Å². The van der Waals surface area contributed by atoms with Crippen molar-refractivity contribution in [2.45, 2.75) is 5.75 Å². The van der Waals surface area contributed by atoms with Gasteiger partial charge in [0.25, 0.3) is 10.0 Å². The van der Waals surface area contributed by atoms with Crippen molar-refractivity contribution in [3.05, 3.63) is 60.1 Å². The fraction of sp³-hybridized carbons (Fsp3) is 0.0833. The molecule has 1 aromatic carbocycles. The maximum absolute atomic E-state index is 11.7. The lowest BCUT2D eigenvalue weighted by Crippen LogP contribution is -2.00. The number of hydrogen-bond acceptors (Lipinski definition) is 3. The van der Waals surface area contributed by atoms with Gasteiger partial charge in [-0.05, 0) is 17.7 Å². The summed E-state index contributed by atoms with van der Waals surface area (Å²) >= 11 is 0. The summed E-state index contributed by atoms with van der Waals surface area (Å²) in [6.45, 7) is 0. The van der Waals surface area contributed by atoms with Crippen LogP contribution in [0.1, 0.15) is 11.3 Å². The van der Waals surface area contributed by atoms with Gasteiger partial charge in [-0.2, -0.15) is 4.40 Å². The van der Waals surface area contributed by atoms with E-state index in [9.17, 15) is 8.42 Å². The minimum atomic E-state index is -3.50. The molecule has 4 nitrogen and oxygen atoms in total. The molecule has 0 saturated carbocycles. The normalized spacial score (nSPS) is 12.0. The molecular weight excluding hydrogens is 238 g/mol. The average molecular weight is 249 g/mol. The second-order valence-corrected chi connectivity index (χ2v) is 5.13. The van der Waals surface area contributed by atoms with Crippen molar-refractivity contribution in [2.75, 3.05) is 0 Å². The second-order valence-electron chi connectivity index (χ2n) is 3.46. The molecule has 0 radical (unpaired) electrons. The first-order valence-corrected chi connectivity index (χ1v) is 6.62. The molecule has 0 unspecified atom stereocenters. The molecule has 17 heavy (non-hydrogen) atoms. The first-order chi connectivity index (χ1) is 8.16. The molecule has 0 aliphatic carbocycles. The van der Waals surface area contributed by atoms with Gasteiger partial charge in [0.15, 0.2) is 0 Å². The molecular formula is C12H11NO3S. The Morgan fingerprint density at radius 3 is 2.53 bits per heavy atom. The van der Waals surface area contributed by atoms with Crippen molar-refractivity contribution < 1.29 is 12.8 Å². The zero-order valence-electron chi connectivity index (χ0n) is 8.98. The molecule has 0 amide bonds. The number of rotatable bonds is 4. The molecule has 1 aromatic heterocycles. The fourth-order valence-corrected chi connectivity index (χ4v) is 2.27. The van der Waals surface area contributed by atoms with Crippen LogP contribution in [0.15, 0.2) is 57.5 Å². The quantitative estimate of drug-likeness (QED) is 0.781. The highest BCUT2D eigenvalue weighted by Gasteiger charge is 2.08. The molecule has 1 heterocycles. The number of sulfonamides is 1. The third-order valence-corrected chi connectivity index (χ3v) is 3.20. The summed E-state index contributed by atoms with van der Waals surface area (Å²) < 4.78 is 31.8. The predicted octanol–water partition coefficient (Wildman–Crippen LogP) is 2.23. The van der Waals surface area contributed by atoms with Crippen LogP contribution in [0.2, 0.25) is 0 Å². The molecule has 2 rings (SSSR count). The molecule has 0 spiro atoms. The Morgan fingerprint density at radius 2 is 1.88 bits per heavy atom. The molecule has 0 aliphatic heterocycles. The summed E-state index contributed by atoms with van der Waals surface area (Å²) in [6.07, 6.45) is 2.67. The van der Waals surface area contributed by atoms with E-state index >= 15 is 0 Å². The third-order valence-electron chi connectivity index (χ3n) is 2.08. The number of nitrogens with zero attached hydrogens (tertiary/aromatic N) is 1. The molecule has 0 N–H and O–H groups in total. The molecule has 5 heteroatoms. The van der Waals surface area contributed by atoms with Gasteiger partial charge in [0.1, 0.15) is 5.76 Å². The Hall–Kier alpha value is -1.88. The molecule has 0 bridgehead atoms. The van der Waals surface area contributed by atoms with Crippen LogP contribution in [0.25, 0.3) is 0 Å². The van der Waals surface area contributed by atoms with Crippen LogP contribution >= 0.6 is 0 Å². The van der Waals surface area contributed by atoms with Gasteiger partial charge >= 0.3 is 0 Å². The summed E-state index contributed by atoms with van der Waals surface area (Å²) in [5.41, 5.74) is 0.712. The van der Waals surface area contributed by atoms with Crippen LogP contribution in [-0.2, 0) is 15.8 Å². The fourth-order valence-electron chi connectivity index (χ4n) is 1.32. The van der Waals surface area contributed by atoms with E-state index in [4.69, 9.17) is 4.42 Å². The van der Waals surface area contributed by atoms with Gasteiger partial charge in [0.05, 0.1) is 18.2 Å². The Balaban J connectivity index is 2.10. The van der Waals surface area contributed by atoms with Gasteiger partial charge in [-0.1, -0.05) is 30.3 Å². The van der Waals surface area contributed by atoms with Crippen molar-refractivity contribution in [3.63, 3.8) is 0 Å². The van der Waals surface area contributed by atoms with Crippen molar-refractivity contribution in [2.24, 2.45) is 4.40 Å². The lowest BCUT2D eigenvalue weighted by molar-refractivity contribution is 0.560. The first kappa shape index (κ1) is 11.6. The predicted molar refractivity (Wildman–Crippen MR) is 65.4 cm³/mol. The van der Waals surface area contributed by atoms with E-state index < -0.39 is 10.0 Å². The van der Waals surface area contributed by atoms with Crippen molar-refractivity contribution in [3.8, 4) is 0 Å². The lowest BCUT2D eigenvalue weighted by Gasteiger charge is -1.98. The average Bonchev–Trinajstić information content (AvgIpc) is 2.80. The van der Waals surface area contributed by atoms with E-state index in [0.29, 0.717) is 11.3 Å². The molecule has 0 fully saturated rings. The van der Waals surface area contributed by atoms with E-state index in [2.05, 4.69) is 4.40 Å². The number of furan rings is 1. The van der Waals surface area contributed by atoms with Crippen LogP contribution in [0.4, 0.5) is 0 Å². The number of hydrogen-bond donors (Lipinski definition) is 0. The van der Waals surface area contributed by atoms with E-state index in [0.717, 1.165) is 0 Å². The largest absolute Gasteiger partial charge is 0.463 e. The highest BCUT2D eigenvalue weighted by atomic mass is 32.2. The Labute approximate surface area is 99.7 Å². The standard InChI is InChI=1S/C12H11NO3S/c14-17(15,10-11-5-2-1-3-6-11)13-9-12-7-4-8-16-12/h1-9H,10H2/b13-9+. The summed E-state index contributed by atoms with van der Waals surface area (Å²) in [5, 5.41) is 0. The zero-order valence-corrected chi connectivity index (χ0v) is 9.80. The van der Waals surface area contributed by atoms with E-state index in [1.54, 1.807) is 36.4 Å². The minimum absolute atomic E-state index is 0.106. The van der Waals surface area contributed by atoms with Crippen LogP contribution in [0, 0.1) is 0 Å². The van der Waals surface area contributed by atoms with E-state index in [1.807, 2.05) is 6.07 Å². The van der Waals surface area contributed by atoms with Crippen molar-refractivity contribution in [1.29, 1.82) is 0 Å². The highest BCUT2D eigenvalue weighted by molar-refractivity contribution is 7.89. The third kappa shape index (κ3) is 3.57. The number of benzene rings is 1. The van der Waals surface area contributed by atoms with Crippen LogP contribution < -0.4 is 0 Å². The second kappa shape index (κ2) is 4.97. The first-order valence-electron chi connectivity index (χ1n) is 5.01. The Kier molecular flexibility index (Phi) is 3.39. The topological polar surface area (TPSA) is 59.6 Å².